The fourth-order valence-electron chi connectivity index (χ4n) is 3.33. The predicted molar refractivity (Wildman–Crippen MR) is 127 cm³/mol. The highest BCUT2D eigenvalue weighted by molar-refractivity contribution is 14.0. The molecule has 6 nitrogen and oxygen atoms in total. The van der Waals surface area contributed by atoms with Crippen molar-refractivity contribution in [2.24, 2.45) is 4.99 Å². The van der Waals surface area contributed by atoms with Crippen molar-refractivity contribution in [1.82, 2.24) is 10.2 Å². The molecule has 0 amide bonds. The minimum Gasteiger partial charge on any atom is -0.466 e. The number of carbonyl (C=O) groups is 1. The standard InChI is InChI=1S/C21H34N4O2.HI/c1-3-27-20(26)13-9-4-5-10-14-23-21(22-2)25-17-15-24(16-18-25)19-11-7-6-8-12-19;/h6-8,11-12H,3-5,9-10,13-18H2,1-2H3,(H,22,23);1H. The Bertz CT molecular complexity index is 575. The molecule has 1 aromatic rings. The van der Waals surface area contributed by atoms with Gasteiger partial charge in [-0.1, -0.05) is 31.0 Å². The third-order valence-electron chi connectivity index (χ3n) is 4.81. The van der Waals surface area contributed by atoms with E-state index in [0.29, 0.717) is 13.0 Å². The van der Waals surface area contributed by atoms with Crippen LogP contribution in [0.2, 0.25) is 0 Å². The molecule has 1 heterocycles. The lowest BCUT2D eigenvalue weighted by Crippen LogP contribution is -2.52. The van der Waals surface area contributed by atoms with Crippen LogP contribution < -0.4 is 10.2 Å². The molecule has 0 atom stereocenters. The number of hydrogen-bond donors (Lipinski definition) is 1. The Kier molecular flexibility index (Phi) is 12.7. The number of unbranched alkanes of at least 4 members (excludes halogenated alkanes) is 3. The van der Waals surface area contributed by atoms with Crippen molar-refractivity contribution >= 4 is 41.6 Å². The Morgan fingerprint density at radius 1 is 1.07 bits per heavy atom. The molecule has 1 aliphatic heterocycles. The van der Waals surface area contributed by atoms with E-state index < -0.39 is 0 Å². The van der Waals surface area contributed by atoms with Gasteiger partial charge in [0, 0.05) is 51.9 Å². The number of guanidine groups is 1. The van der Waals surface area contributed by atoms with Crippen LogP contribution in [0.3, 0.4) is 0 Å². The zero-order valence-electron chi connectivity index (χ0n) is 17.2. The molecular weight excluding hydrogens is 467 g/mol. The summed E-state index contributed by atoms with van der Waals surface area (Å²) in [4.78, 5) is 20.5. The lowest BCUT2D eigenvalue weighted by atomic mass is 10.1. The highest BCUT2D eigenvalue weighted by Crippen LogP contribution is 2.15. The van der Waals surface area contributed by atoms with Gasteiger partial charge in [0.15, 0.2) is 5.96 Å². The van der Waals surface area contributed by atoms with Gasteiger partial charge >= 0.3 is 5.97 Å². The van der Waals surface area contributed by atoms with Gasteiger partial charge < -0.3 is 19.9 Å². The van der Waals surface area contributed by atoms with Crippen LogP contribution in [0, 0.1) is 0 Å². The van der Waals surface area contributed by atoms with Crippen LogP contribution in [0.5, 0.6) is 0 Å². The summed E-state index contributed by atoms with van der Waals surface area (Å²) < 4.78 is 4.94. The van der Waals surface area contributed by atoms with E-state index in [0.717, 1.165) is 64.4 Å². The smallest absolute Gasteiger partial charge is 0.305 e. The largest absolute Gasteiger partial charge is 0.466 e. The summed E-state index contributed by atoms with van der Waals surface area (Å²) in [5.74, 6) is 0.917. The highest BCUT2D eigenvalue weighted by Gasteiger charge is 2.19. The number of benzene rings is 1. The van der Waals surface area contributed by atoms with Gasteiger partial charge in [0.05, 0.1) is 6.61 Å². The zero-order valence-corrected chi connectivity index (χ0v) is 19.6. The second-order valence-electron chi connectivity index (χ2n) is 6.75. The lowest BCUT2D eigenvalue weighted by molar-refractivity contribution is -0.143. The second kappa shape index (κ2) is 14.5. The SMILES string of the molecule is CCOC(=O)CCCCCCNC(=NC)N1CCN(c2ccccc2)CC1.I. The molecule has 158 valence electrons. The molecule has 0 aliphatic carbocycles. The van der Waals surface area contributed by atoms with Gasteiger partial charge in [0.2, 0.25) is 0 Å². The zero-order chi connectivity index (χ0) is 19.3. The summed E-state index contributed by atoms with van der Waals surface area (Å²) >= 11 is 0. The van der Waals surface area contributed by atoms with E-state index in [4.69, 9.17) is 4.74 Å². The number of nitrogens with one attached hydrogen (secondary N) is 1. The monoisotopic (exact) mass is 502 g/mol. The summed E-state index contributed by atoms with van der Waals surface area (Å²) in [6, 6.07) is 10.6. The fourth-order valence-corrected chi connectivity index (χ4v) is 3.33. The molecule has 0 radical (unpaired) electrons. The number of ether oxygens (including phenoxy) is 1. The Morgan fingerprint density at radius 2 is 1.75 bits per heavy atom. The molecule has 1 fully saturated rings. The molecule has 1 aromatic carbocycles. The van der Waals surface area contributed by atoms with Crippen LogP contribution in [0.15, 0.2) is 35.3 Å². The first-order valence-corrected chi connectivity index (χ1v) is 10.2. The van der Waals surface area contributed by atoms with E-state index in [2.05, 4.69) is 50.4 Å². The van der Waals surface area contributed by atoms with Crippen LogP contribution in [0.4, 0.5) is 5.69 Å². The van der Waals surface area contributed by atoms with Gasteiger partial charge in [0.1, 0.15) is 0 Å². The number of esters is 1. The molecule has 7 heteroatoms. The summed E-state index contributed by atoms with van der Waals surface area (Å²) in [7, 11) is 1.85. The number of hydrogen-bond acceptors (Lipinski definition) is 4. The van der Waals surface area contributed by atoms with Crippen LogP contribution in [0.25, 0.3) is 0 Å². The maximum Gasteiger partial charge on any atom is 0.305 e. The van der Waals surface area contributed by atoms with E-state index in [1.807, 2.05) is 14.0 Å². The summed E-state index contributed by atoms with van der Waals surface area (Å²) in [5.41, 5.74) is 1.29. The number of para-hydroxylation sites is 1. The topological polar surface area (TPSA) is 57.2 Å². The maximum absolute atomic E-state index is 11.3. The first-order chi connectivity index (χ1) is 13.2. The molecular formula is C21H35IN4O2. The molecule has 0 saturated carbocycles. The first-order valence-electron chi connectivity index (χ1n) is 10.2. The van der Waals surface area contributed by atoms with E-state index in [1.165, 1.54) is 5.69 Å². The molecule has 0 bridgehead atoms. The average Bonchev–Trinajstić information content (AvgIpc) is 2.71. The minimum absolute atomic E-state index is 0. The number of halogens is 1. The highest BCUT2D eigenvalue weighted by atomic mass is 127. The molecule has 0 spiro atoms. The van der Waals surface area contributed by atoms with E-state index >= 15 is 0 Å². The van der Waals surface area contributed by atoms with E-state index in [1.54, 1.807) is 0 Å². The normalized spacial score (nSPS) is 14.4. The summed E-state index contributed by atoms with van der Waals surface area (Å²) in [5, 5.41) is 3.48. The average molecular weight is 502 g/mol. The molecule has 1 saturated heterocycles. The van der Waals surface area contributed by atoms with Crippen LogP contribution in [-0.2, 0) is 9.53 Å². The quantitative estimate of drug-likeness (QED) is 0.184. The molecule has 2 rings (SSSR count). The molecule has 0 aromatic heterocycles. The van der Waals surface area contributed by atoms with Crippen molar-refractivity contribution in [2.75, 3.05) is 51.3 Å². The lowest BCUT2D eigenvalue weighted by Gasteiger charge is -2.37. The fraction of sp³-hybridized carbons (Fsp3) is 0.619. The minimum atomic E-state index is -0.0781. The number of aliphatic imine (C=N–C) groups is 1. The molecule has 1 N–H and O–H groups in total. The third kappa shape index (κ3) is 8.67. The number of piperazine rings is 1. The van der Waals surface area contributed by atoms with Crippen molar-refractivity contribution < 1.29 is 9.53 Å². The van der Waals surface area contributed by atoms with Crippen molar-refractivity contribution in [2.45, 2.75) is 39.0 Å². The number of anilines is 1. The number of nitrogens with zero attached hydrogens (tertiary/aromatic N) is 3. The van der Waals surface area contributed by atoms with Gasteiger partial charge in [-0.15, -0.1) is 24.0 Å². The molecule has 0 unspecified atom stereocenters. The van der Waals surface area contributed by atoms with Gasteiger partial charge in [-0.25, -0.2) is 0 Å². The third-order valence-corrected chi connectivity index (χ3v) is 4.81. The van der Waals surface area contributed by atoms with Gasteiger partial charge in [-0.3, -0.25) is 9.79 Å². The van der Waals surface area contributed by atoms with Gasteiger partial charge in [-0.2, -0.15) is 0 Å². The van der Waals surface area contributed by atoms with Crippen LogP contribution >= 0.6 is 24.0 Å². The Balaban J connectivity index is 0.00000392. The van der Waals surface area contributed by atoms with Gasteiger partial charge in [-0.05, 0) is 31.9 Å². The van der Waals surface area contributed by atoms with Crippen LogP contribution in [0.1, 0.15) is 39.0 Å². The molecule has 1 aliphatic rings. The number of carbonyl (C=O) groups excluding carboxylic acids is 1. The summed E-state index contributed by atoms with van der Waals surface area (Å²) in [6.07, 6.45) is 4.72. The maximum atomic E-state index is 11.3. The predicted octanol–water partition coefficient (Wildman–Crippen LogP) is 3.52. The van der Waals surface area contributed by atoms with Crippen molar-refractivity contribution in [3.8, 4) is 0 Å². The van der Waals surface area contributed by atoms with Crippen molar-refractivity contribution in [3.05, 3.63) is 30.3 Å². The first kappa shape index (κ1) is 24.5. The Hall–Kier alpha value is -1.51. The van der Waals surface area contributed by atoms with E-state index in [9.17, 15) is 4.79 Å². The number of rotatable bonds is 9. The van der Waals surface area contributed by atoms with Crippen LogP contribution in [-0.4, -0.2) is 63.2 Å². The Labute approximate surface area is 186 Å². The van der Waals surface area contributed by atoms with E-state index in [-0.39, 0.29) is 29.9 Å². The second-order valence-corrected chi connectivity index (χ2v) is 6.75. The van der Waals surface area contributed by atoms with Gasteiger partial charge in [0.25, 0.3) is 0 Å². The Morgan fingerprint density at radius 3 is 2.39 bits per heavy atom. The van der Waals surface area contributed by atoms with Crippen molar-refractivity contribution in [1.29, 1.82) is 0 Å². The molecule has 28 heavy (non-hydrogen) atoms. The summed E-state index contributed by atoms with van der Waals surface area (Å²) in [6.45, 7) is 7.23. The van der Waals surface area contributed by atoms with Crippen molar-refractivity contribution in [3.63, 3.8) is 0 Å².